The first kappa shape index (κ1) is 17.0. The van der Waals surface area contributed by atoms with Crippen LogP contribution in [0.5, 0.6) is 0 Å². The average molecular weight is 416 g/mol. The van der Waals surface area contributed by atoms with Crippen molar-refractivity contribution in [3.8, 4) is 33.2 Å². The molecule has 0 aliphatic rings. The first-order valence-corrected chi connectivity index (χ1v) is 9.91. The molecule has 0 aromatic carbocycles. The molecule has 0 saturated heterocycles. The van der Waals surface area contributed by atoms with Crippen molar-refractivity contribution < 1.29 is 4.39 Å². The van der Waals surface area contributed by atoms with Gasteiger partial charge in [-0.3, -0.25) is 14.8 Å². The molecule has 0 unspecified atom stereocenters. The van der Waals surface area contributed by atoms with Crippen molar-refractivity contribution in [2.75, 3.05) is 0 Å². The zero-order chi connectivity index (χ0) is 20.2. The number of hydrogen-bond donors (Lipinski definition) is 2. The number of nitrogens with one attached hydrogen (secondary N) is 2. The predicted molar refractivity (Wildman–Crippen MR) is 112 cm³/mol. The second-order valence-corrected chi connectivity index (χ2v) is 7.87. The SMILES string of the molecule is Cn1cc(-c2cc3c(-c4nc5c(-c6ccc(F)s6)ccnc5[nH]4)n[nH]c3cn2)cn1. The molecule has 0 bridgehead atoms. The van der Waals surface area contributed by atoms with Gasteiger partial charge >= 0.3 is 0 Å². The van der Waals surface area contributed by atoms with Crippen LogP contribution in [0.1, 0.15) is 0 Å². The summed E-state index contributed by atoms with van der Waals surface area (Å²) >= 11 is 1.08. The minimum atomic E-state index is -0.237. The van der Waals surface area contributed by atoms with Crippen molar-refractivity contribution in [1.29, 1.82) is 0 Å². The standard InChI is InChI=1S/C20H13FN8S/c1-29-9-10(7-24-29)13-6-12-14(8-23-13)27-28-18(12)20-25-17-11(4-5-22-19(17)26-20)15-2-3-16(21)30-15/h2-9H,1H3,(H,27,28)(H,22,25,26). The van der Waals surface area contributed by atoms with Gasteiger partial charge in [0.2, 0.25) is 0 Å². The zero-order valence-corrected chi connectivity index (χ0v) is 16.4. The quantitative estimate of drug-likeness (QED) is 0.451. The Hall–Kier alpha value is -3.92. The Morgan fingerprint density at radius 3 is 2.87 bits per heavy atom. The van der Waals surface area contributed by atoms with Gasteiger partial charge in [-0.15, -0.1) is 11.3 Å². The van der Waals surface area contributed by atoms with Crippen LogP contribution >= 0.6 is 11.3 Å². The number of nitrogens with zero attached hydrogens (tertiary/aromatic N) is 6. The van der Waals surface area contributed by atoms with E-state index in [0.717, 1.165) is 43.9 Å². The van der Waals surface area contributed by atoms with E-state index in [9.17, 15) is 4.39 Å². The second kappa shape index (κ2) is 6.29. The van der Waals surface area contributed by atoms with Crippen molar-refractivity contribution >= 4 is 33.4 Å². The Morgan fingerprint density at radius 1 is 1.13 bits per heavy atom. The highest BCUT2D eigenvalue weighted by Crippen LogP contribution is 2.34. The lowest BCUT2D eigenvalue weighted by molar-refractivity contribution is 0.657. The van der Waals surface area contributed by atoms with Crippen molar-refractivity contribution in [3.63, 3.8) is 0 Å². The number of pyridine rings is 2. The maximum Gasteiger partial charge on any atom is 0.176 e. The van der Waals surface area contributed by atoms with Crippen LogP contribution in [0.25, 0.3) is 55.3 Å². The number of rotatable bonds is 3. The van der Waals surface area contributed by atoms with Gasteiger partial charge in [0, 0.05) is 40.8 Å². The molecule has 2 N–H and O–H groups in total. The van der Waals surface area contributed by atoms with Crippen LogP contribution in [0, 0.1) is 5.13 Å². The van der Waals surface area contributed by atoms with Crippen molar-refractivity contribution in [1.82, 2.24) is 39.9 Å². The normalized spacial score (nSPS) is 11.7. The van der Waals surface area contributed by atoms with E-state index in [-0.39, 0.29) is 5.13 Å². The number of fused-ring (bicyclic) bond motifs is 2. The van der Waals surface area contributed by atoms with E-state index in [4.69, 9.17) is 4.98 Å². The second-order valence-electron chi connectivity index (χ2n) is 6.83. The van der Waals surface area contributed by atoms with Crippen LogP contribution < -0.4 is 0 Å². The van der Waals surface area contributed by atoms with Gasteiger partial charge in [0.15, 0.2) is 16.6 Å². The van der Waals surface area contributed by atoms with E-state index in [0.29, 0.717) is 22.7 Å². The van der Waals surface area contributed by atoms with Crippen LogP contribution in [0.3, 0.4) is 0 Å². The zero-order valence-electron chi connectivity index (χ0n) is 15.6. The van der Waals surface area contributed by atoms with Crippen molar-refractivity contribution in [3.05, 3.63) is 54.2 Å². The van der Waals surface area contributed by atoms with Crippen LogP contribution in [0.2, 0.25) is 0 Å². The first-order chi connectivity index (χ1) is 14.7. The number of halogens is 1. The summed E-state index contributed by atoms with van der Waals surface area (Å²) in [6.07, 6.45) is 7.11. The highest BCUT2D eigenvalue weighted by atomic mass is 32.1. The van der Waals surface area contributed by atoms with Crippen molar-refractivity contribution in [2.45, 2.75) is 0 Å². The fourth-order valence-electron chi connectivity index (χ4n) is 3.49. The molecule has 0 saturated carbocycles. The minimum Gasteiger partial charge on any atom is -0.321 e. The van der Waals surface area contributed by atoms with Crippen LogP contribution in [0.15, 0.2) is 49.1 Å². The summed E-state index contributed by atoms with van der Waals surface area (Å²) in [6.45, 7) is 0. The predicted octanol–water partition coefficient (Wildman–Crippen LogP) is 4.16. The molecule has 0 spiro atoms. The summed E-state index contributed by atoms with van der Waals surface area (Å²) in [7, 11) is 1.86. The molecule has 6 rings (SSSR count). The molecular weight excluding hydrogens is 403 g/mol. The molecule has 0 aliphatic heterocycles. The van der Waals surface area contributed by atoms with Gasteiger partial charge in [-0.05, 0) is 24.3 Å². The number of H-pyrrole nitrogens is 2. The molecule has 6 aromatic heterocycles. The molecular formula is C20H13FN8S. The third kappa shape index (κ3) is 2.61. The number of aryl methyl sites for hydroxylation is 1. The molecule has 146 valence electrons. The van der Waals surface area contributed by atoms with E-state index in [1.165, 1.54) is 6.07 Å². The Bertz CT molecular complexity index is 1540. The van der Waals surface area contributed by atoms with Gasteiger partial charge < -0.3 is 4.98 Å². The Labute approximate surface area is 172 Å². The maximum absolute atomic E-state index is 13.5. The molecule has 8 nitrogen and oxygen atoms in total. The molecule has 10 heteroatoms. The number of imidazole rings is 1. The monoisotopic (exact) mass is 416 g/mol. The number of thiophene rings is 1. The van der Waals surface area contributed by atoms with E-state index < -0.39 is 0 Å². The third-order valence-corrected chi connectivity index (χ3v) is 5.80. The highest BCUT2D eigenvalue weighted by Gasteiger charge is 2.17. The summed E-state index contributed by atoms with van der Waals surface area (Å²) in [5, 5.41) is 12.3. The maximum atomic E-state index is 13.5. The summed E-state index contributed by atoms with van der Waals surface area (Å²) in [5.41, 5.74) is 5.29. The molecule has 30 heavy (non-hydrogen) atoms. The van der Waals surface area contributed by atoms with E-state index >= 15 is 0 Å². The fourth-order valence-corrected chi connectivity index (χ4v) is 4.25. The fraction of sp³-hybridized carbons (Fsp3) is 0.0500. The Kier molecular flexibility index (Phi) is 3.56. The highest BCUT2D eigenvalue weighted by molar-refractivity contribution is 7.14. The van der Waals surface area contributed by atoms with E-state index in [1.807, 2.05) is 25.4 Å². The molecule has 0 atom stereocenters. The van der Waals surface area contributed by atoms with Gasteiger partial charge in [-0.1, -0.05) is 0 Å². The minimum absolute atomic E-state index is 0.237. The van der Waals surface area contributed by atoms with E-state index in [2.05, 4.69) is 30.2 Å². The third-order valence-electron chi connectivity index (χ3n) is 4.90. The largest absolute Gasteiger partial charge is 0.321 e. The van der Waals surface area contributed by atoms with E-state index in [1.54, 1.807) is 29.3 Å². The molecule has 0 fully saturated rings. The number of aromatic nitrogens is 8. The lowest BCUT2D eigenvalue weighted by Crippen LogP contribution is -1.85. The molecule has 0 radical (unpaired) electrons. The first-order valence-electron chi connectivity index (χ1n) is 9.09. The van der Waals surface area contributed by atoms with Crippen molar-refractivity contribution in [2.24, 2.45) is 7.05 Å². The lowest BCUT2D eigenvalue weighted by atomic mass is 10.1. The van der Waals surface area contributed by atoms with Gasteiger partial charge in [0.05, 0.1) is 23.6 Å². The Morgan fingerprint density at radius 2 is 2.07 bits per heavy atom. The molecule has 6 heterocycles. The topological polar surface area (TPSA) is 101 Å². The van der Waals surface area contributed by atoms with Crippen LogP contribution in [0.4, 0.5) is 4.39 Å². The van der Waals surface area contributed by atoms with Crippen LogP contribution in [-0.2, 0) is 7.05 Å². The number of hydrogen-bond acceptors (Lipinski definition) is 6. The van der Waals surface area contributed by atoms with Gasteiger partial charge in [0.25, 0.3) is 0 Å². The summed E-state index contributed by atoms with van der Waals surface area (Å²) in [6, 6.07) is 7.00. The van der Waals surface area contributed by atoms with Gasteiger partial charge in [-0.25, -0.2) is 9.97 Å². The summed E-state index contributed by atoms with van der Waals surface area (Å²) in [4.78, 5) is 17.7. The Balaban J connectivity index is 1.52. The van der Waals surface area contributed by atoms with Gasteiger partial charge in [-0.2, -0.15) is 14.6 Å². The summed E-state index contributed by atoms with van der Waals surface area (Å²) < 4.78 is 15.3. The van der Waals surface area contributed by atoms with Crippen LogP contribution in [-0.4, -0.2) is 39.9 Å². The van der Waals surface area contributed by atoms with Gasteiger partial charge in [0.1, 0.15) is 11.2 Å². The lowest BCUT2D eigenvalue weighted by Gasteiger charge is -1.98. The average Bonchev–Trinajstić information content (AvgIpc) is 3.52. The smallest absolute Gasteiger partial charge is 0.176 e. The summed E-state index contributed by atoms with van der Waals surface area (Å²) in [5.74, 6) is 0.580. The molecule has 0 amide bonds. The molecule has 6 aromatic rings. The number of aromatic amines is 2. The molecule has 0 aliphatic carbocycles.